The van der Waals surface area contributed by atoms with E-state index in [2.05, 4.69) is 4.98 Å². The summed E-state index contributed by atoms with van der Waals surface area (Å²) < 4.78 is 21.7. The second-order valence-electron chi connectivity index (χ2n) is 7.68. The van der Waals surface area contributed by atoms with Crippen molar-refractivity contribution >= 4 is 45.6 Å². The van der Waals surface area contributed by atoms with Crippen molar-refractivity contribution in [3.8, 4) is 0 Å². The predicted molar refractivity (Wildman–Crippen MR) is 113 cm³/mol. The molecule has 1 aliphatic carbocycles. The molecule has 30 heavy (non-hydrogen) atoms. The Labute approximate surface area is 176 Å². The lowest BCUT2D eigenvalue weighted by Crippen LogP contribution is -2.37. The molecule has 0 bridgehead atoms. The van der Waals surface area contributed by atoms with E-state index in [9.17, 15) is 14.3 Å². The number of carbonyl (C=O) groups is 1. The lowest BCUT2D eigenvalue weighted by Gasteiger charge is -2.31. The number of aliphatic carboxylic acids is 1. The van der Waals surface area contributed by atoms with Gasteiger partial charge in [-0.15, -0.1) is 0 Å². The van der Waals surface area contributed by atoms with Gasteiger partial charge < -0.3 is 19.0 Å². The number of benzene rings is 2. The predicted octanol–water partition coefficient (Wildman–Crippen LogP) is 4.65. The van der Waals surface area contributed by atoms with Crippen LogP contribution in [0.3, 0.4) is 0 Å². The van der Waals surface area contributed by atoms with E-state index in [1.165, 1.54) is 12.1 Å². The largest absolute Gasteiger partial charge is 0.480 e. The first-order chi connectivity index (χ1) is 14.4. The normalized spacial score (nSPS) is 16.2. The van der Waals surface area contributed by atoms with Crippen molar-refractivity contribution < 1.29 is 18.7 Å². The van der Waals surface area contributed by atoms with E-state index in [4.69, 9.17) is 16.0 Å². The minimum atomic E-state index is -0.914. The van der Waals surface area contributed by atoms with Gasteiger partial charge in [0.2, 0.25) is 0 Å². The lowest BCUT2D eigenvalue weighted by atomic mass is 9.90. The zero-order valence-corrected chi connectivity index (χ0v) is 17.0. The van der Waals surface area contributed by atoms with Gasteiger partial charge in [0, 0.05) is 40.8 Å². The quantitative estimate of drug-likeness (QED) is 0.513. The zero-order valence-electron chi connectivity index (χ0n) is 16.2. The Morgan fingerprint density at radius 2 is 2.20 bits per heavy atom. The van der Waals surface area contributed by atoms with E-state index in [-0.39, 0.29) is 18.4 Å². The highest BCUT2D eigenvalue weighted by atomic mass is 35.5. The van der Waals surface area contributed by atoms with Gasteiger partial charge in [0.1, 0.15) is 17.9 Å². The van der Waals surface area contributed by atoms with Gasteiger partial charge in [-0.05, 0) is 55.2 Å². The van der Waals surface area contributed by atoms with E-state index in [1.54, 1.807) is 22.8 Å². The number of fused-ring (bicyclic) bond motifs is 4. The van der Waals surface area contributed by atoms with Crippen molar-refractivity contribution in [2.75, 3.05) is 11.9 Å². The summed E-state index contributed by atoms with van der Waals surface area (Å²) >= 11 is 6.04. The molecule has 1 atom stereocenters. The van der Waals surface area contributed by atoms with Crippen molar-refractivity contribution in [2.45, 2.75) is 31.8 Å². The molecule has 2 aromatic carbocycles. The monoisotopic (exact) mass is 427 g/mol. The molecule has 2 heterocycles. The highest BCUT2D eigenvalue weighted by Gasteiger charge is 2.30. The molecule has 0 spiro atoms. The molecular formula is C22H19ClFN3O3. The van der Waals surface area contributed by atoms with Gasteiger partial charge in [0.05, 0.1) is 0 Å². The molecule has 0 unspecified atom stereocenters. The van der Waals surface area contributed by atoms with Crippen LogP contribution in [0.15, 0.2) is 40.8 Å². The number of oxazole rings is 1. The molecule has 0 fully saturated rings. The Morgan fingerprint density at radius 1 is 1.37 bits per heavy atom. The van der Waals surface area contributed by atoms with E-state index in [1.807, 2.05) is 18.0 Å². The highest BCUT2D eigenvalue weighted by molar-refractivity contribution is 6.31. The number of hydrogen-bond acceptors (Lipinski definition) is 4. The number of carboxylic acid groups (broad SMARTS) is 1. The van der Waals surface area contributed by atoms with Crippen LogP contribution in [0.4, 0.5) is 10.4 Å². The van der Waals surface area contributed by atoms with Crippen LogP contribution in [0, 0.1) is 5.82 Å². The molecule has 0 amide bonds. The molecule has 6 nitrogen and oxygen atoms in total. The zero-order chi connectivity index (χ0) is 21.0. The average molecular weight is 428 g/mol. The third-order valence-electron chi connectivity index (χ3n) is 5.88. The van der Waals surface area contributed by atoms with Crippen LogP contribution in [0.5, 0.6) is 0 Å². The first-order valence-corrected chi connectivity index (χ1v) is 10.1. The summed E-state index contributed by atoms with van der Waals surface area (Å²) in [6.45, 7) is -0.135. The average Bonchev–Trinajstić information content (AvgIpc) is 3.26. The molecule has 0 radical (unpaired) electrons. The second-order valence-corrected chi connectivity index (χ2v) is 8.12. The third-order valence-corrected chi connectivity index (χ3v) is 6.12. The molecule has 0 saturated carbocycles. The maximum Gasteiger partial charge on any atom is 0.323 e. The fourth-order valence-electron chi connectivity index (χ4n) is 4.44. The first kappa shape index (κ1) is 18.9. The maximum absolute atomic E-state index is 14.0. The molecule has 154 valence electrons. The third kappa shape index (κ3) is 3.10. The summed E-state index contributed by atoms with van der Waals surface area (Å²) in [5.74, 6) is -1.24. The number of halogens is 2. The maximum atomic E-state index is 14.0. The molecule has 1 aliphatic rings. The SMILES string of the molecule is CN(c1nc2ccc(Cl)cc2o1)[C@H]1CCc2c(c3cc(F)ccc3n2CC(=O)O)C1. The fourth-order valence-corrected chi connectivity index (χ4v) is 4.61. The Hall–Kier alpha value is -3.06. The second kappa shape index (κ2) is 7.02. The Morgan fingerprint density at radius 3 is 3.00 bits per heavy atom. The summed E-state index contributed by atoms with van der Waals surface area (Å²) in [6, 6.07) is 10.5. The number of likely N-dealkylation sites (N-methyl/N-ethyl adjacent to an activating group) is 1. The smallest absolute Gasteiger partial charge is 0.323 e. The van der Waals surface area contributed by atoms with Gasteiger partial charge in [-0.25, -0.2) is 4.39 Å². The van der Waals surface area contributed by atoms with Crippen molar-refractivity contribution in [2.24, 2.45) is 0 Å². The molecule has 5 rings (SSSR count). The molecule has 0 aliphatic heterocycles. The number of carboxylic acids is 1. The van der Waals surface area contributed by atoms with Crippen molar-refractivity contribution in [3.63, 3.8) is 0 Å². The van der Waals surface area contributed by atoms with Crippen molar-refractivity contribution in [1.29, 1.82) is 0 Å². The number of hydrogen-bond donors (Lipinski definition) is 1. The summed E-state index contributed by atoms with van der Waals surface area (Å²) in [7, 11) is 1.93. The number of anilines is 1. The van der Waals surface area contributed by atoms with Crippen LogP contribution in [-0.4, -0.2) is 33.7 Å². The number of aromatic nitrogens is 2. The Balaban J connectivity index is 1.52. The topological polar surface area (TPSA) is 71.5 Å². The van der Waals surface area contributed by atoms with Gasteiger partial charge in [-0.1, -0.05) is 11.6 Å². The standard InChI is InChI=1S/C22H19ClFN3O3/c1-26(22-25-17-5-2-12(23)8-20(17)30-22)14-4-7-19-16(10-14)15-9-13(24)3-6-18(15)27(19)11-21(28)29/h2-3,5-6,8-9,14H,4,7,10-11H2,1H3,(H,28,29)/t14-/m0/s1. The Bertz CT molecular complexity index is 1300. The molecule has 2 aromatic heterocycles. The molecule has 4 aromatic rings. The van der Waals surface area contributed by atoms with E-state index < -0.39 is 5.97 Å². The number of nitrogens with zero attached hydrogens (tertiary/aromatic N) is 3. The summed E-state index contributed by atoms with van der Waals surface area (Å²) in [5.41, 5.74) is 4.07. The van der Waals surface area contributed by atoms with E-state index >= 15 is 0 Å². The van der Waals surface area contributed by atoms with Gasteiger partial charge in [0.25, 0.3) is 6.01 Å². The van der Waals surface area contributed by atoms with Gasteiger partial charge in [-0.2, -0.15) is 4.98 Å². The van der Waals surface area contributed by atoms with Crippen LogP contribution in [0.2, 0.25) is 5.02 Å². The molecule has 1 N–H and O–H groups in total. The molecular weight excluding hydrogens is 409 g/mol. The van der Waals surface area contributed by atoms with Crippen LogP contribution in [0.1, 0.15) is 17.7 Å². The van der Waals surface area contributed by atoms with E-state index in [0.29, 0.717) is 29.5 Å². The van der Waals surface area contributed by atoms with Gasteiger partial charge in [-0.3, -0.25) is 4.79 Å². The summed E-state index contributed by atoms with van der Waals surface area (Å²) in [4.78, 5) is 18.0. The first-order valence-electron chi connectivity index (χ1n) is 9.71. The van der Waals surface area contributed by atoms with Crippen molar-refractivity contribution in [1.82, 2.24) is 9.55 Å². The number of rotatable bonds is 4. The van der Waals surface area contributed by atoms with Crippen LogP contribution < -0.4 is 4.90 Å². The fraction of sp³-hybridized carbons (Fsp3) is 0.273. The Kier molecular flexibility index (Phi) is 4.43. The van der Waals surface area contributed by atoms with Gasteiger partial charge >= 0.3 is 5.97 Å². The summed E-state index contributed by atoms with van der Waals surface area (Å²) in [6.07, 6.45) is 2.15. The molecule has 8 heteroatoms. The van der Waals surface area contributed by atoms with Gasteiger partial charge in [0.15, 0.2) is 5.58 Å². The minimum absolute atomic E-state index is 0.0909. The molecule has 0 saturated heterocycles. The minimum Gasteiger partial charge on any atom is -0.480 e. The van der Waals surface area contributed by atoms with Crippen LogP contribution in [-0.2, 0) is 24.2 Å². The van der Waals surface area contributed by atoms with Crippen LogP contribution in [0.25, 0.3) is 22.0 Å². The highest BCUT2D eigenvalue weighted by Crippen LogP contribution is 2.35. The van der Waals surface area contributed by atoms with E-state index in [0.717, 1.165) is 34.1 Å². The lowest BCUT2D eigenvalue weighted by molar-refractivity contribution is -0.137. The van der Waals surface area contributed by atoms with Crippen molar-refractivity contribution in [3.05, 3.63) is 58.5 Å². The van der Waals surface area contributed by atoms with Crippen LogP contribution >= 0.6 is 11.6 Å². The summed E-state index contributed by atoms with van der Waals surface area (Å²) in [5, 5.41) is 10.7.